The number of halogens is 2. The number of benzene rings is 1. The molecule has 0 saturated heterocycles. The van der Waals surface area contributed by atoms with Gasteiger partial charge in [0.25, 0.3) is 0 Å². The lowest BCUT2D eigenvalue weighted by atomic mass is 10.2. The largest absolute Gasteiger partial charge is 0.234 e. The summed E-state index contributed by atoms with van der Waals surface area (Å²) in [6.45, 7) is 4.00. The minimum Gasteiger partial charge on any atom is -0.151 e. The molecule has 12 heavy (non-hydrogen) atoms. The van der Waals surface area contributed by atoms with Gasteiger partial charge in [0.1, 0.15) is 0 Å². The van der Waals surface area contributed by atoms with E-state index in [4.69, 9.17) is 22.2 Å². The molecule has 0 aliphatic rings. The van der Waals surface area contributed by atoms with E-state index in [9.17, 15) is 0 Å². The predicted molar refractivity (Wildman–Crippen MR) is 60.5 cm³/mol. The summed E-state index contributed by atoms with van der Waals surface area (Å²) in [5.74, 6) is 0. The van der Waals surface area contributed by atoms with Crippen LogP contribution in [-0.2, 0) is 6.42 Å². The smallest absolute Gasteiger partial charge is 0.151 e. The van der Waals surface area contributed by atoms with Crippen LogP contribution < -0.4 is 0 Å². The van der Waals surface area contributed by atoms with Crippen LogP contribution in [0.3, 0.4) is 0 Å². The van der Waals surface area contributed by atoms with E-state index in [1.807, 2.05) is 12.6 Å². The normalized spacial score (nSPS) is 9.08. The maximum absolute atomic E-state index is 5.18. The highest BCUT2D eigenvalue weighted by atomic mass is 35.7. The van der Waals surface area contributed by atoms with Crippen molar-refractivity contribution in [2.45, 2.75) is 19.9 Å². The van der Waals surface area contributed by atoms with Crippen molar-refractivity contribution in [2.24, 2.45) is 0 Å². The molecule has 3 heteroatoms. The fourth-order valence-corrected chi connectivity index (χ4v) is 0.714. The first-order chi connectivity index (χ1) is 5.66. The van der Waals surface area contributed by atoms with Crippen LogP contribution in [0.1, 0.15) is 12.5 Å². The van der Waals surface area contributed by atoms with Gasteiger partial charge >= 0.3 is 0 Å². The van der Waals surface area contributed by atoms with Gasteiger partial charge in [-0.05, 0) is 18.5 Å². The van der Waals surface area contributed by atoms with E-state index >= 15 is 0 Å². The van der Waals surface area contributed by atoms with Crippen LogP contribution >= 0.6 is 22.2 Å². The molecule has 0 heterocycles. The highest BCUT2D eigenvalue weighted by Crippen LogP contribution is 1.96. The van der Waals surface area contributed by atoms with Crippen molar-refractivity contribution in [1.82, 2.24) is 0 Å². The van der Waals surface area contributed by atoms with Gasteiger partial charge in [0.2, 0.25) is 7.42 Å². The van der Waals surface area contributed by atoms with Crippen LogP contribution in [-0.4, -0.2) is 7.42 Å². The van der Waals surface area contributed by atoms with Gasteiger partial charge in [0.05, 0.1) is 0 Å². The Kier molecular flexibility index (Phi) is 7.67. The average Bonchev–Trinajstić information content (AvgIpc) is 2.05. The lowest BCUT2D eigenvalue weighted by Gasteiger charge is -1.89. The zero-order chi connectivity index (χ0) is 9.40. The Morgan fingerprint density at radius 3 is 1.83 bits per heavy atom. The van der Waals surface area contributed by atoms with Gasteiger partial charge in [-0.1, -0.05) is 37.3 Å². The number of hydrogen-bond acceptors (Lipinski definition) is 0. The Morgan fingerprint density at radius 2 is 1.58 bits per heavy atom. The van der Waals surface area contributed by atoms with Crippen molar-refractivity contribution < 1.29 is 0 Å². The Labute approximate surface area is 85.5 Å². The second-order valence-corrected chi connectivity index (χ2v) is 7.99. The average molecular weight is 221 g/mol. The Bertz CT molecular complexity index is 184. The number of hydrogen-bond donors (Lipinski definition) is 0. The van der Waals surface area contributed by atoms with Crippen LogP contribution in [0.2, 0.25) is 6.55 Å². The molecule has 0 aromatic heterocycles. The zero-order valence-corrected chi connectivity index (χ0v) is 10.1. The third-order valence-corrected chi connectivity index (χ3v) is 1.25. The molecule has 1 aromatic rings. The molecule has 1 aromatic carbocycles. The lowest BCUT2D eigenvalue weighted by molar-refractivity contribution is 1.14. The van der Waals surface area contributed by atoms with Crippen molar-refractivity contribution in [3.8, 4) is 0 Å². The third kappa shape index (κ3) is 8.12. The van der Waals surface area contributed by atoms with Gasteiger partial charge in [-0.2, -0.15) is 22.2 Å². The first-order valence-corrected chi connectivity index (χ1v) is 8.63. The topological polar surface area (TPSA) is 0 Å². The van der Waals surface area contributed by atoms with E-state index < -0.39 is 7.42 Å². The molecular weight excluding hydrogens is 207 g/mol. The van der Waals surface area contributed by atoms with E-state index in [1.54, 1.807) is 0 Å². The minimum absolute atomic E-state index is 1.14. The Morgan fingerprint density at radius 1 is 1.17 bits per heavy atom. The molecule has 0 fully saturated rings. The van der Waals surface area contributed by atoms with Crippen LogP contribution in [0.5, 0.6) is 0 Å². The summed E-state index contributed by atoms with van der Waals surface area (Å²) in [4.78, 5) is 0. The molecular formula is C9H14Cl2Si. The SMILES string of the molecule is CCc1ccccc1.C[SiH](Cl)Cl. The third-order valence-electron chi connectivity index (χ3n) is 1.25. The molecule has 68 valence electrons. The van der Waals surface area contributed by atoms with E-state index in [0.29, 0.717) is 0 Å². The molecule has 0 amide bonds. The molecule has 0 saturated carbocycles. The highest BCUT2D eigenvalue weighted by Gasteiger charge is 1.80. The quantitative estimate of drug-likeness (QED) is 0.502. The highest BCUT2D eigenvalue weighted by molar-refractivity contribution is 7.33. The molecule has 0 radical (unpaired) electrons. The molecule has 0 aliphatic carbocycles. The number of rotatable bonds is 1. The van der Waals surface area contributed by atoms with E-state index in [2.05, 4.69) is 31.2 Å². The van der Waals surface area contributed by atoms with Crippen molar-refractivity contribution in [1.29, 1.82) is 0 Å². The summed E-state index contributed by atoms with van der Waals surface area (Å²) >= 11 is 10.4. The van der Waals surface area contributed by atoms with E-state index in [-0.39, 0.29) is 0 Å². The van der Waals surface area contributed by atoms with Crippen molar-refractivity contribution >= 4 is 29.6 Å². The van der Waals surface area contributed by atoms with Crippen molar-refractivity contribution in [3.05, 3.63) is 35.9 Å². The Hall–Kier alpha value is 0.0169. The minimum atomic E-state index is -1.19. The molecule has 1 rings (SSSR count). The maximum Gasteiger partial charge on any atom is 0.234 e. The van der Waals surface area contributed by atoms with E-state index in [0.717, 1.165) is 6.42 Å². The van der Waals surface area contributed by atoms with Gasteiger partial charge in [-0.25, -0.2) is 0 Å². The summed E-state index contributed by atoms with van der Waals surface area (Å²) in [5.41, 5.74) is 1.41. The van der Waals surface area contributed by atoms with Crippen LogP contribution in [0.15, 0.2) is 30.3 Å². The second kappa shape index (κ2) is 7.65. The molecule has 0 bridgehead atoms. The van der Waals surface area contributed by atoms with Crippen LogP contribution in [0.25, 0.3) is 0 Å². The van der Waals surface area contributed by atoms with Crippen LogP contribution in [0, 0.1) is 0 Å². The van der Waals surface area contributed by atoms with Gasteiger partial charge in [-0.3, -0.25) is 0 Å². The first kappa shape index (κ1) is 12.0. The first-order valence-electron chi connectivity index (χ1n) is 3.99. The fourth-order valence-electron chi connectivity index (χ4n) is 0.714. The summed E-state index contributed by atoms with van der Waals surface area (Å²) < 4.78 is 0. The maximum atomic E-state index is 5.18. The summed E-state index contributed by atoms with van der Waals surface area (Å²) in [7, 11) is -1.19. The molecule has 0 aliphatic heterocycles. The molecule has 0 N–H and O–H groups in total. The van der Waals surface area contributed by atoms with Gasteiger partial charge < -0.3 is 0 Å². The predicted octanol–water partition coefficient (Wildman–Crippen LogP) is 3.56. The Balaban J connectivity index is 0.000000261. The zero-order valence-electron chi connectivity index (χ0n) is 7.43. The standard InChI is InChI=1S/C8H10.CH4Cl2Si/c1-2-8-6-4-3-5-7-8;1-4(2)3/h3-7H,2H2,1H3;4H,1H3. The fraction of sp³-hybridized carbons (Fsp3) is 0.333. The monoisotopic (exact) mass is 220 g/mol. The molecule has 0 atom stereocenters. The summed E-state index contributed by atoms with van der Waals surface area (Å²) in [6, 6.07) is 10.5. The van der Waals surface area contributed by atoms with Crippen LogP contribution in [0.4, 0.5) is 0 Å². The van der Waals surface area contributed by atoms with Gasteiger partial charge in [0.15, 0.2) is 0 Å². The van der Waals surface area contributed by atoms with Crippen molar-refractivity contribution in [2.75, 3.05) is 0 Å². The lowest BCUT2D eigenvalue weighted by Crippen LogP contribution is -1.73. The number of aryl methyl sites for hydroxylation is 1. The van der Waals surface area contributed by atoms with Gasteiger partial charge in [-0.15, -0.1) is 0 Å². The molecule has 0 unspecified atom stereocenters. The molecule has 0 spiro atoms. The van der Waals surface area contributed by atoms with Gasteiger partial charge in [0, 0.05) is 0 Å². The summed E-state index contributed by atoms with van der Waals surface area (Å²) in [5, 5.41) is 0. The summed E-state index contributed by atoms with van der Waals surface area (Å²) in [6.07, 6.45) is 1.14. The van der Waals surface area contributed by atoms with E-state index in [1.165, 1.54) is 5.56 Å². The van der Waals surface area contributed by atoms with Crippen molar-refractivity contribution in [3.63, 3.8) is 0 Å². The second-order valence-electron chi connectivity index (χ2n) is 2.36. The molecule has 0 nitrogen and oxygen atoms in total.